The van der Waals surface area contributed by atoms with Crippen molar-refractivity contribution in [2.45, 2.75) is 26.4 Å². The van der Waals surface area contributed by atoms with Gasteiger partial charge in [0, 0.05) is 31.1 Å². The smallest absolute Gasteiger partial charge is 0.345 e. The molecular weight excluding hydrogens is 324 g/mol. The number of aryl methyl sites for hydroxylation is 2. The van der Waals surface area contributed by atoms with E-state index in [0.717, 1.165) is 11.1 Å². The molecule has 1 amide bonds. The zero-order chi connectivity index (χ0) is 18.6. The average molecular weight is 344 g/mol. The van der Waals surface area contributed by atoms with Crippen LogP contribution in [-0.4, -0.2) is 34.7 Å². The lowest BCUT2D eigenvalue weighted by molar-refractivity contribution is -0.165. The maximum Gasteiger partial charge on any atom is 0.345 e. The number of carbonyl (C=O) groups excluding carboxylic acids is 1. The van der Waals surface area contributed by atoms with Gasteiger partial charge in [-0.1, -0.05) is 6.07 Å². The van der Waals surface area contributed by atoms with E-state index in [1.807, 2.05) is 19.9 Å². The number of benzene rings is 1. The van der Waals surface area contributed by atoms with Crippen LogP contribution < -0.4 is 10.1 Å². The van der Waals surface area contributed by atoms with Gasteiger partial charge in [0.15, 0.2) is 0 Å². The van der Waals surface area contributed by atoms with Crippen LogP contribution in [0.3, 0.4) is 0 Å². The number of methoxy groups -OCH3 is 1. The molecule has 2 N–H and O–H groups in total. The third-order valence-electron chi connectivity index (χ3n) is 3.80. The highest BCUT2D eigenvalue weighted by molar-refractivity contribution is 6.11. The maximum atomic E-state index is 12.2. The standard InChI is InChI=1S/C18H20N2O5/c1-11-7-8-19-15(9-11)25-14-10-13(6-5-12(14)2)20-16(21)18(3,24-4)17(22)23/h5-10H,1-4H3,(H,20,21)(H,22,23). The van der Waals surface area contributed by atoms with E-state index in [0.29, 0.717) is 17.3 Å². The van der Waals surface area contributed by atoms with E-state index in [2.05, 4.69) is 10.3 Å². The molecular formula is C18H20N2O5. The van der Waals surface area contributed by atoms with E-state index in [1.165, 1.54) is 14.0 Å². The Kier molecular flexibility index (Phi) is 5.38. The third kappa shape index (κ3) is 4.13. The van der Waals surface area contributed by atoms with E-state index in [4.69, 9.17) is 9.47 Å². The van der Waals surface area contributed by atoms with Crippen LogP contribution in [0.1, 0.15) is 18.1 Å². The van der Waals surface area contributed by atoms with Crippen LogP contribution >= 0.6 is 0 Å². The van der Waals surface area contributed by atoms with Gasteiger partial charge in [-0.2, -0.15) is 0 Å². The van der Waals surface area contributed by atoms with E-state index < -0.39 is 17.5 Å². The molecule has 2 rings (SSSR count). The molecule has 0 aliphatic carbocycles. The Morgan fingerprint density at radius 3 is 2.52 bits per heavy atom. The second-order valence-electron chi connectivity index (χ2n) is 5.75. The fraction of sp³-hybridized carbons (Fsp3) is 0.278. The highest BCUT2D eigenvalue weighted by Gasteiger charge is 2.41. The van der Waals surface area contributed by atoms with Crippen molar-refractivity contribution in [3.05, 3.63) is 47.7 Å². The minimum atomic E-state index is -1.98. The van der Waals surface area contributed by atoms with Gasteiger partial charge in [0.1, 0.15) is 5.75 Å². The molecule has 0 aliphatic rings. The molecule has 1 heterocycles. The average Bonchev–Trinajstić information content (AvgIpc) is 2.56. The number of anilines is 1. The number of aromatic nitrogens is 1. The summed E-state index contributed by atoms with van der Waals surface area (Å²) in [6, 6.07) is 8.66. The molecule has 1 aromatic carbocycles. The highest BCUT2D eigenvalue weighted by Crippen LogP contribution is 2.28. The number of pyridine rings is 1. The molecule has 0 aliphatic heterocycles. The highest BCUT2D eigenvalue weighted by atomic mass is 16.5. The Hall–Kier alpha value is -2.93. The Morgan fingerprint density at radius 2 is 1.92 bits per heavy atom. The van der Waals surface area contributed by atoms with E-state index in [-0.39, 0.29) is 0 Å². The molecule has 1 unspecified atom stereocenters. The number of hydrogen-bond donors (Lipinski definition) is 2. The topological polar surface area (TPSA) is 97.8 Å². The van der Waals surface area contributed by atoms with Crippen LogP contribution in [-0.2, 0) is 14.3 Å². The number of amides is 1. The molecule has 0 saturated heterocycles. The van der Waals surface area contributed by atoms with Gasteiger partial charge in [0.2, 0.25) is 11.5 Å². The Bertz CT molecular complexity index is 806. The summed E-state index contributed by atoms with van der Waals surface area (Å²) in [6.45, 7) is 4.97. The van der Waals surface area contributed by atoms with Crippen molar-refractivity contribution < 1.29 is 24.2 Å². The van der Waals surface area contributed by atoms with Crippen molar-refractivity contribution in [3.63, 3.8) is 0 Å². The molecule has 1 atom stereocenters. The maximum absolute atomic E-state index is 12.2. The summed E-state index contributed by atoms with van der Waals surface area (Å²) in [7, 11) is 1.17. The van der Waals surface area contributed by atoms with Gasteiger partial charge < -0.3 is 19.9 Å². The van der Waals surface area contributed by atoms with E-state index >= 15 is 0 Å². The van der Waals surface area contributed by atoms with Gasteiger partial charge in [-0.05, 0) is 44.0 Å². The Balaban J connectivity index is 2.24. The predicted octanol–water partition coefficient (Wildman–Crippen LogP) is 2.92. The van der Waals surface area contributed by atoms with Crippen LogP contribution in [0.2, 0.25) is 0 Å². The van der Waals surface area contributed by atoms with Gasteiger partial charge in [-0.25, -0.2) is 9.78 Å². The molecule has 0 saturated carbocycles. The Labute approximate surface area is 145 Å². The van der Waals surface area contributed by atoms with Crippen LogP contribution in [0.4, 0.5) is 5.69 Å². The quantitative estimate of drug-likeness (QED) is 0.782. The van der Waals surface area contributed by atoms with Crippen LogP contribution in [0.5, 0.6) is 11.6 Å². The molecule has 132 valence electrons. The number of nitrogens with zero attached hydrogens (tertiary/aromatic N) is 1. The second kappa shape index (κ2) is 7.31. The van der Waals surface area contributed by atoms with Crippen molar-refractivity contribution in [3.8, 4) is 11.6 Å². The molecule has 0 bridgehead atoms. The molecule has 7 nitrogen and oxygen atoms in total. The summed E-state index contributed by atoms with van der Waals surface area (Å²) in [5.41, 5.74) is 0.255. The van der Waals surface area contributed by atoms with Crippen molar-refractivity contribution in [1.29, 1.82) is 0 Å². The predicted molar refractivity (Wildman–Crippen MR) is 91.9 cm³/mol. The van der Waals surface area contributed by atoms with Gasteiger partial charge in [0.25, 0.3) is 5.91 Å². The first kappa shape index (κ1) is 18.4. The third-order valence-corrected chi connectivity index (χ3v) is 3.80. The number of nitrogens with one attached hydrogen (secondary N) is 1. The lowest BCUT2D eigenvalue weighted by atomic mass is 10.1. The number of carboxylic acids is 1. The summed E-state index contributed by atoms with van der Waals surface area (Å²) >= 11 is 0. The van der Waals surface area contributed by atoms with Crippen molar-refractivity contribution >= 4 is 17.6 Å². The van der Waals surface area contributed by atoms with Crippen LogP contribution in [0.25, 0.3) is 0 Å². The molecule has 1 aromatic heterocycles. The van der Waals surface area contributed by atoms with Gasteiger partial charge in [-0.3, -0.25) is 4.79 Å². The van der Waals surface area contributed by atoms with Crippen molar-refractivity contribution in [2.75, 3.05) is 12.4 Å². The summed E-state index contributed by atoms with van der Waals surface area (Å²) < 4.78 is 10.6. The van der Waals surface area contributed by atoms with Crippen LogP contribution in [0.15, 0.2) is 36.5 Å². The zero-order valence-corrected chi connectivity index (χ0v) is 14.5. The minimum Gasteiger partial charge on any atom is -0.479 e. The van der Waals surface area contributed by atoms with Gasteiger partial charge in [0.05, 0.1) is 0 Å². The second-order valence-corrected chi connectivity index (χ2v) is 5.75. The van der Waals surface area contributed by atoms with Crippen molar-refractivity contribution in [1.82, 2.24) is 4.98 Å². The first-order chi connectivity index (χ1) is 11.8. The minimum absolute atomic E-state index is 0.391. The summed E-state index contributed by atoms with van der Waals surface area (Å²) in [5.74, 6) is -1.23. The Morgan fingerprint density at radius 1 is 1.20 bits per heavy atom. The van der Waals surface area contributed by atoms with E-state index in [9.17, 15) is 14.7 Å². The molecule has 25 heavy (non-hydrogen) atoms. The van der Waals surface area contributed by atoms with Gasteiger partial charge in [-0.15, -0.1) is 0 Å². The number of ether oxygens (including phenoxy) is 2. The fourth-order valence-electron chi connectivity index (χ4n) is 1.99. The normalized spacial score (nSPS) is 13.0. The number of hydrogen-bond acceptors (Lipinski definition) is 5. The largest absolute Gasteiger partial charge is 0.479 e. The summed E-state index contributed by atoms with van der Waals surface area (Å²) in [5, 5.41) is 11.7. The number of carboxylic acid groups (broad SMARTS) is 1. The monoisotopic (exact) mass is 344 g/mol. The molecule has 7 heteroatoms. The fourth-order valence-corrected chi connectivity index (χ4v) is 1.99. The number of aliphatic carboxylic acids is 1. The van der Waals surface area contributed by atoms with E-state index in [1.54, 1.807) is 30.5 Å². The molecule has 0 radical (unpaired) electrons. The molecule has 0 spiro atoms. The van der Waals surface area contributed by atoms with Crippen LogP contribution in [0, 0.1) is 13.8 Å². The lowest BCUT2D eigenvalue weighted by Crippen LogP contribution is -2.48. The SMILES string of the molecule is COC(C)(C(=O)O)C(=O)Nc1ccc(C)c(Oc2cc(C)ccn2)c1. The summed E-state index contributed by atoms with van der Waals surface area (Å²) in [6.07, 6.45) is 1.64. The first-order valence-electron chi connectivity index (χ1n) is 7.57. The van der Waals surface area contributed by atoms with Gasteiger partial charge >= 0.3 is 5.97 Å². The van der Waals surface area contributed by atoms with Crippen molar-refractivity contribution in [2.24, 2.45) is 0 Å². The summed E-state index contributed by atoms with van der Waals surface area (Å²) in [4.78, 5) is 27.6. The number of rotatable bonds is 6. The first-order valence-corrected chi connectivity index (χ1v) is 7.57. The zero-order valence-electron chi connectivity index (χ0n) is 14.5. The lowest BCUT2D eigenvalue weighted by Gasteiger charge is -2.22. The number of carbonyl (C=O) groups is 2. The molecule has 2 aromatic rings. The molecule has 0 fully saturated rings.